The van der Waals surface area contributed by atoms with Gasteiger partial charge in [-0.05, 0) is 40.4 Å². The molecule has 0 aromatic heterocycles. The van der Waals surface area contributed by atoms with Crippen LogP contribution in [0.1, 0.15) is 32.4 Å². The third-order valence-electron chi connectivity index (χ3n) is 3.09. The average Bonchev–Trinajstić information content (AvgIpc) is 2.44. The van der Waals surface area contributed by atoms with Gasteiger partial charge in [-0.15, -0.1) is 0 Å². The van der Waals surface area contributed by atoms with Gasteiger partial charge in [0.25, 0.3) is 0 Å². The Morgan fingerprint density at radius 3 is 2.26 bits per heavy atom. The number of carbonyl (C=O) groups is 2. The van der Waals surface area contributed by atoms with Crippen molar-refractivity contribution in [1.29, 1.82) is 0 Å². The fourth-order valence-electron chi connectivity index (χ4n) is 2.01. The van der Waals surface area contributed by atoms with Crippen LogP contribution in [0.25, 0.3) is 0 Å². The van der Waals surface area contributed by atoms with Crippen LogP contribution in [-0.4, -0.2) is 49.7 Å². The topological polar surface area (TPSA) is 70.7 Å². The summed E-state index contributed by atoms with van der Waals surface area (Å²) in [4.78, 5) is 25.4. The number of nitrogens with zero attached hydrogens (tertiary/aromatic N) is 1. The van der Waals surface area contributed by atoms with Gasteiger partial charge < -0.3 is 20.3 Å². The molecule has 1 rings (SSSR count). The molecule has 0 aliphatic carbocycles. The first kappa shape index (κ1) is 19.0. The molecular weight excluding hydrogens is 294 g/mol. The fourth-order valence-corrected chi connectivity index (χ4v) is 2.01. The van der Waals surface area contributed by atoms with Crippen LogP contribution in [-0.2, 0) is 9.53 Å². The summed E-state index contributed by atoms with van der Waals surface area (Å²) in [6, 6.07) is 10.0. The van der Waals surface area contributed by atoms with Crippen molar-refractivity contribution in [3.05, 3.63) is 35.9 Å². The van der Waals surface area contributed by atoms with Gasteiger partial charge in [-0.1, -0.05) is 30.3 Å². The van der Waals surface area contributed by atoms with Gasteiger partial charge in [-0.25, -0.2) is 4.79 Å². The van der Waals surface area contributed by atoms with E-state index < -0.39 is 11.7 Å². The maximum absolute atomic E-state index is 11.9. The Morgan fingerprint density at radius 1 is 1.13 bits per heavy atom. The second-order valence-corrected chi connectivity index (χ2v) is 6.55. The van der Waals surface area contributed by atoms with Crippen LogP contribution < -0.4 is 10.6 Å². The smallest absolute Gasteiger partial charge is 0.408 e. The maximum atomic E-state index is 11.9. The molecule has 1 aromatic rings. The van der Waals surface area contributed by atoms with E-state index in [4.69, 9.17) is 4.74 Å². The van der Waals surface area contributed by atoms with E-state index in [1.165, 1.54) is 0 Å². The van der Waals surface area contributed by atoms with E-state index in [-0.39, 0.29) is 18.5 Å². The number of carbonyl (C=O) groups excluding carboxylic acids is 2. The van der Waals surface area contributed by atoms with Crippen LogP contribution in [0.15, 0.2) is 30.3 Å². The molecule has 6 heteroatoms. The number of likely N-dealkylation sites (N-methyl/N-ethyl adjacent to an activating group) is 1. The Hall–Kier alpha value is -2.08. The Kier molecular flexibility index (Phi) is 7.03. The molecule has 1 atom stereocenters. The molecule has 0 aliphatic heterocycles. The molecule has 0 heterocycles. The zero-order valence-corrected chi connectivity index (χ0v) is 14.6. The Labute approximate surface area is 138 Å². The predicted octanol–water partition coefficient (Wildman–Crippen LogP) is 1.93. The summed E-state index contributed by atoms with van der Waals surface area (Å²) in [5.41, 5.74) is 0.544. The Morgan fingerprint density at radius 2 is 1.74 bits per heavy atom. The van der Waals surface area contributed by atoms with Gasteiger partial charge in [-0.3, -0.25) is 4.79 Å². The second kappa shape index (κ2) is 8.53. The van der Waals surface area contributed by atoms with Crippen molar-refractivity contribution in [2.24, 2.45) is 0 Å². The summed E-state index contributed by atoms with van der Waals surface area (Å²) in [6.45, 7) is 5.67. The summed E-state index contributed by atoms with van der Waals surface area (Å²) in [5, 5.41) is 5.27. The molecule has 0 saturated carbocycles. The van der Waals surface area contributed by atoms with Crippen molar-refractivity contribution < 1.29 is 14.3 Å². The molecule has 128 valence electrons. The highest BCUT2D eigenvalue weighted by molar-refractivity contribution is 5.82. The monoisotopic (exact) mass is 321 g/mol. The largest absolute Gasteiger partial charge is 0.444 e. The van der Waals surface area contributed by atoms with Crippen molar-refractivity contribution in [1.82, 2.24) is 15.5 Å². The van der Waals surface area contributed by atoms with Gasteiger partial charge in [0, 0.05) is 6.54 Å². The number of hydrogen-bond acceptors (Lipinski definition) is 4. The third kappa shape index (κ3) is 7.65. The molecule has 0 bridgehead atoms. The van der Waals surface area contributed by atoms with Gasteiger partial charge in [0.1, 0.15) is 5.60 Å². The number of ether oxygens (including phenoxy) is 1. The highest BCUT2D eigenvalue weighted by Crippen LogP contribution is 2.16. The van der Waals surface area contributed by atoms with E-state index in [2.05, 4.69) is 10.6 Å². The van der Waals surface area contributed by atoms with Crippen molar-refractivity contribution in [3.8, 4) is 0 Å². The molecule has 23 heavy (non-hydrogen) atoms. The number of nitrogens with one attached hydrogen (secondary N) is 2. The van der Waals surface area contributed by atoms with Crippen LogP contribution in [0.3, 0.4) is 0 Å². The minimum absolute atomic E-state index is 0.0710. The summed E-state index contributed by atoms with van der Waals surface area (Å²) in [7, 11) is 3.92. The van der Waals surface area contributed by atoms with Crippen LogP contribution in [0, 0.1) is 0 Å². The van der Waals surface area contributed by atoms with E-state index >= 15 is 0 Å². The molecule has 6 nitrogen and oxygen atoms in total. The molecule has 1 aromatic carbocycles. The van der Waals surface area contributed by atoms with Crippen LogP contribution >= 0.6 is 0 Å². The van der Waals surface area contributed by atoms with Crippen molar-refractivity contribution in [2.45, 2.75) is 32.4 Å². The van der Waals surface area contributed by atoms with Gasteiger partial charge in [-0.2, -0.15) is 0 Å². The number of benzene rings is 1. The number of alkyl carbamates (subject to hydrolysis) is 1. The molecule has 2 amide bonds. The first-order chi connectivity index (χ1) is 10.7. The molecule has 1 unspecified atom stereocenters. The molecule has 2 N–H and O–H groups in total. The fraction of sp³-hybridized carbons (Fsp3) is 0.529. The van der Waals surface area contributed by atoms with E-state index in [9.17, 15) is 9.59 Å². The standard InChI is InChI=1S/C17H27N3O3/c1-17(2,3)23-16(22)19-12-15(21)18-11-14(20(4)5)13-9-7-6-8-10-13/h6-10,14H,11-12H2,1-5H3,(H,18,21)(H,19,22). The van der Waals surface area contributed by atoms with Crippen LogP contribution in [0.5, 0.6) is 0 Å². The van der Waals surface area contributed by atoms with Gasteiger partial charge in [0.05, 0.1) is 12.6 Å². The van der Waals surface area contributed by atoms with E-state index in [0.29, 0.717) is 6.54 Å². The normalized spacial score (nSPS) is 12.6. The van der Waals surface area contributed by atoms with Gasteiger partial charge >= 0.3 is 6.09 Å². The summed E-state index contributed by atoms with van der Waals surface area (Å²) in [5.74, 6) is -0.251. The number of amides is 2. The minimum Gasteiger partial charge on any atom is -0.444 e. The summed E-state index contributed by atoms with van der Waals surface area (Å²) in [6.07, 6.45) is -0.597. The molecule has 0 saturated heterocycles. The SMILES string of the molecule is CN(C)C(CNC(=O)CNC(=O)OC(C)(C)C)c1ccccc1. The molecule has 0 aliphatic rings. The summed E-state index contributed by atoms with van der Waals surface area (Å²) >= 11 is 0. The van der Waals surface area contributed by atoms with Crippen molar-refractivity contribution in [3.63, 3.8) is 0 Å². The maximum Gasteiger partial charge on any atom is 0.408 e. The molecule has 0 spiro atoms. The lowest BCUT2D eigenvalue weighted by Gasteiger charge is -2.25. The zero-order valence-electron chi connectivity index (χ0n) is 14.6. The van der Waals surface area contributed by atoms with Crippen molar-refractivity contribution in [2.75, 3.05) is 27.2 Å². The first-order valence-electron chi connectivity index (χ1n) is 7.64. The lowest BCUT2D eigenvalue weighted by molar-refractivity contribution is -0.120. The molecular formula is C17H27N3O3. The second-order valence-electron chi connectivity index (χ2n) is 6.55. The third-order valence-corrected chi connectivity index (χ3v) is 3.09. The van der Waals surface area contributed by atoms with Gasteiger partial charge in [0.15, 0.2) is 0 Å². The number of hydrogen-bond donors (Lipinski definition) is 2. The van der Waals surface area contributed by atoms with Crippen LogP contribution in [0.2, 0.25) is 0 Å². The van der Waals surface area contributed by atoms with Crippen LogP contribution in [0.4, 0.5) is 4.79 Å². The van der Waals surface area contributed by atoms with E-state index in [0.717, 1.165) is 5.56 Å². The Balaban J connectivity index is 2.43. The molecule has 0 radical (unpaired) electrons. The average molecular weight is 321 g/mol. The van der Waals surface area contributed by atoms with Gasteiger partial charge in [0.2, 0.25) is 5.91 Å². The van der Waals surface area contributed by atoms with E-state index in [1.807, 2.05) is 49.3 Å². The quantitative estimate of drug-likeness (QED) is 0.840. The molecule has 0 fully saturated rings. The highest BCUT2D eigenvalue weighted by atomic mass is 16.6. The predicted molar refractivity (Wildman–Crippen MR) is 90.1 cm³/mol. The first-order valence-corrected chi connectivity index (χ1v) is 7.64. The zero-order chi connectivity index (χ0) is 17.5. The highest BCUT2D eigenvalue weighted by Gasteiger charge is 2.18. The lowest BCUT2D eigenvalue weighted by atomic mass is 10.1. The van der Waals surface area contributed by atoms with Crippen molar-refractivity contribution >= 4 is 12.0 Å². The lowest BCUT2D eigenvalue weighted by Crippen LogP contribution is -2.42. The minimum atomic E-state index is -0.597. The summed E-state index contributed by atoms with van der Waals surface area (Å²) < 4.78 is 5.08. The van der Waals surface area contributed by atoms with E-state index in [1.54, 1.807) is 20.8 Å². The Bertz CT molecular complexity index is 510. The number of rotatable bonds is 6.